The Morgan fingerprint density at radius 1 is 1.32 bits per heavy atom. The van der Waals surface area contributed by atoms with Crippen LogP contribution in [0, 0.1) is 0 Å². The van der Waals surface area contributed by atoms with E-state index >= 15 is 0 Å². The molecule has 1 aliphatic heterocycles. The van der Waals surface area contributed by atoms with Crippen LogP contribution < -0.4 is 11.3 Å². The number of benzene rings is 1. The number of aliphatic imine (C=N–C) groups is 1. The van der Waals surface area contributed by atoms with E-state index in [0.29, 0.717) is 6.04 Å². The molecule has 104 valence electrons. The Kier molecular flexibility index (Phi) is 4.76. The summed E-state index contributed by atoms with van der Waals surface area (Å²) in [5.74, 6) is 6.35. The first-order valence-corrected chi connectivity index (χ1v) is 6.72. The molecule has 2 rings (SSSR count). The molecule has 0 radical (unpaired) electrons. The van der Waals surface area contributed by atoms with Crippen molar-refractivity contribution in [3.63, 3.8) is 0 Å². The van der Waals surface area contributed by atoms with Gasteiger partial charge < -0.3 is 9.80 Å². The lowest BCUT2D eigenvalue weighted by Crippen LogP contribution is -2.50. The number of likely N-dealkylation sites (tertiary alicyclic amines) is 1. The molecule has 0 aromatic heterocycles. The summed E-state index contributed by atoms with van der Waals surface area (Å²) in [7, 11) is 4.22. The second kappa shape index (κ2) is 6.54. The van der Waals surface area contributed by atoms with Crippen molar-refractivity contribution in [2.75, 3.05) is 27.2 Å². The minimum Gasteiger partial charge on any atom is -0.342 e. The number of nitrogens with two attached hydrogens (primary N) is 1. The number of piperidine rings is 1. The fourth-order valence-electron chi connectivity index (χ4n) is 2.39. The lowest BCUT2D eigenvalue weighted by atomic mass is 10.0. The Bertz CT molecular complexity index is 409. The van der Waals surface area contributed by atoms with Crippen LogP contribution in [-0.4, -0.2) is 49.0 Å². The van der Waals surface area contributed by atoms with E-state index in [9.17, 15) is 0 Å². The van der Waals surface area contributed by atoms with Crippen molar-refractivity contribution in [3.05, 3.63) is 30.3 Å². The molecule has 0 spiro atoms. The number of hydrazine groups is 1. The van der Waals surface area contributed by atoms with E-state index in [2.05, 4.69) is 34.3 Å². The van der Waals surface area contributed by atoms with Crippen molar-refractivity contribution >= 4 is 11.6 Å². The van der Waals surface area contributed by atoms with E-state index in [0.717, 1.165) is 37.6 Å². The number of nitrogens with one attached hydrogen (secondary N) is 1. The lowest BCUT2D eigenvalue weighted by molar-refractivity contribution is 0.189. The lowest BCUT2D eigenvalue weighted by Gasteiger charge is -2.36. The van der Waals surface area contributed by atoms with E-state index in [1.807, 2.05) is 30.3 Å². The summed E-state index contributed by atoms with van der Waals surface area (Å²) >= 11 is 0. The molecule has 3 N–H and O–H groups in total. The van der Waals surface area contributed by atoms with Crippen molar-refractivity contribution in [2.45, 2.75) is 18.9 Å². The topological polar surface area (TPSA) is 56.9 Å². The largest absolute Gasteiger partial charge is 0.342 e. The van der Waals surface area contributed by atoms with Gasteiger partial charge in [-0.25, -0.2) is 10.8 Å². The van der Waals surface area contributed by atoms with Crippen LogP contribution in [0.1, 0.15) is 12.8 Å². The molecular formula is C14H23N5. The van der Waals surface area contributed by atoms with Crippen LogP contribution in [-0.2, 0) is 0 Å². The Hall–Kier alpha value is -1.59. The highest BCUT2D eigenvalue weighted by Gasteiger charge is 2.22. The molecule has 1 aliphatic rings. The summed E-state index contributed by atoms with van der Waals surface area (Å²) in [5, 5.41) is 0. The first-order valence-electron chi connectivity index (χ1n) is 6.72. The fourth-order valence-corrected chi connectivity index (χ4v) is 2.39. The molecular weight excluding hydrogens is 238 g/mol. The third-order valence-corrected chi connectivity index (χ3v) is 3.69. The van der Waals surface area contributed by atoms with Crippen molar-refractivity contribution < 1.29 is 0 Å². The van der Waals surface area contributed by atoms with Gasteiger partial charge in [-0.05, 0) is 45.1 Å². The number of guanidine groups is 1. The molecule has 1 aromatic rings. The second-order valence-electron chi connectivity index (χ2n) is 5.06. The summed E-state index contributed by atoms with van der Waals surface area (Å²) in [5.41, 5.74) is 3.63. The van der Waals surface area contributed by atoms with Crippen LogP contribution in [0.5, 0.6) is 0 Å². The molecule has 0 amide bonds. The van der Waals surface area contributed by atoms with E-state index in [-0.39, 0.29) is 0 Å². The third kappa shape index (κ3) is 3.68. The third-order valence-electron chi connectivity index (χ3n) is 3.69. The molecule has 1 fully saturated rings. The minimum absolute atomic E-state index is 0.495. The summed E-state index contributed by atoms with van der Waals surface area (Å²) < 4.78 is 0. The summed E-state index contributed by atoms with van der Waals surface area (Å²) in [6, 6.07) is 10.4. The Morgan fingerprint density at radius 2 is 1.95 bits per heavy atom. The molecule has 19 heavy (non-hydrogen) atoms. The van der Waals surface area contributed by atoms with Crippen LogP contribution >= 0.6 is 0 Å². The van der Waals surface area contributed by atoms with Crippen LogP contribution in [0.25, 0.3) is 0 Å². The maximum atomic E-state index is 5.62. The number of hydrogen-bond acceptors (Lipinski definition) is 3. The smallest absolute Gasteiger partial charge is 0.213 e. The van der Waals surface area contributed by atoms with Gasteiger partial charge in [0.25, 0.3) is 0 Å². The Labute approximate surface area is 115 Å². The highest BCUT2D eigenvalue weighted by Crippen LogP contribution is 2.16. The Balaban J connectivity index is 2.06. The molecule has 0 unspecified atom stereocenters. The quantitative estimate of drug-likeness (QED) is 0.363. The molecule has 0 aliphatic carbocycles. The number of nitrogens with zero attached hydrogens (tertiary/aromatic N) is 3. The number of rotatable bonds is 2. The van der Waals surface area contributed by atoms with E-state index in [1.54, 1.807) is 0 Å². The highest BCUT2D eigenvalue weighted by atomic mass is 15.4. The van der Waals surface area contributed by atoms with Gasteiger partial charge in [0.05, 0.1) is 5.69 Å². The van der Waals surface area contributed by atoms with Crippen LogP contribution in [0.15, 0.2) is 35.3 Å². The molecule has 1 aromatic carbocycles. The molecule has 5 heteroatoms. The van der Waals surface area contributed by atoms with Gasteiger partial charge in [0.15, 0.2) is 0 Å². The van der Waals surface area contributed by atoms with E-state index in [1.165, 1.54) is 0 Å². The summed E-state index contributed by atoms with van der Waals surface area (Å²) in [6.45, 7) is 2.25. The summed E-state index contributed by atoms with van der Waals surface area (Å²) in [4.78, 5) is 9.07. The van der Waals surface area contributed by atoms with E-state index < -0.39 is 0 Å². The first kappa shape index (κ1) is 13.8. The minimum atomic E-state index is 0.495. The van der Waals surface area contributed by atoms with Crippen molar-refractivity contribution in [3.8, 4) is 0 Å². The normalized spacial score (nSPS) is 18.4. The SMILES string of the molecule is CN1CCC(N(C)C(=Nc2ccccc2)NN)CC1. The molecule has 1 heterocycles. The predicted molar refractivity (Wildman–Crippen MR) is 79.1 cm³/mol. The van der Waals surface area contributed by atoms with Crippen LogP contribution in [0.3, 0.4) is 0 Å². The van der Waals surface area contributed by atoms with Crippen molar-refractivity contribution in [2.24, 2.45) is 10.8 Å². The van der Waals surface area contributed by atoms with Gasteiger partial charge in [-0.15, -0.1) is 0 Å². The molecule has 0 atom stereocenters. The molecule has 0 bridgehead atoms. The summed E-state index contributed by atoms with van der Waals surface area (Å²) in [6.07, 6.45) is 2.28. The van der Waals surface area contributed by atoms with Crippen LogP contribution in [0.4, 0.5) is 5.69 Å². The maximum absolute atomic E-state index is 5.62. The van der Waals surface area contributed by atoms with Crippen LogP contribution in [0.2, 0.25) is 0 Å². The zero-order chi connectivity index (χ0) is 13.7. The van der Waals surface area contributed by atoms with E-state index in [4.69, 9.17) is 5.84 Å². The van der Waals surface area contributed by atoms with Gasteiger partial charge in [-0.1, -0.05) is 18.2 Å². The highest BCUT2D eigenvalue weighted by molar-refractivity contribution is 5.82. The average molecular weight is 261 g/mol. The second-order valence-corrected chi connectivity index (χ2v) is 5.06. The van der Waals surface area contributed by atoms with Gasteiger partial charge in [0, 0.05) is 13.1 Å². The Morgan fingerprint density at radius 3 is 2.53 bits per heavy atom. The van der Waals surface area contributed by atoms with Crippen molar-refractivity contribution in [1.29, 1.82) is 0 Å². The number of para-hydroxylation sites is 1. The fraction of sp³-hybridized carbons (Fsp3) is 0.500. The standard InChI is InChI=1S/C14H23N5/c1-18-10-8-13(9-11-18)19(2)14(17-15)16-12-6-4-3-5-7-12/h3-7,13H,8-11,15H2,1-2H3,(H,16,17). The average Bonchev–Trinajstić information content (AvgIpc) is 2.46. The first-order chi connectivity index (χ1) is 9.20. The zero-order valence-electron chi connectivity index (χ0n) is 11.7. The van der Waals surface area contributed by atoms with Gasteiger partial charge in [-0.3, -0.25) is 5.43 Å². The van der Waals surface area contributed by atoms with Gasteiger partial charge in [0.2, 0.25) is 5.96 Å². The zero-order valence-corrected chi connectivity index (χ0v) is 11.7. The number of hydrogen-bond donors (Lipinski definition) is 2. The predicted octanol–water partition coefficient (Wildman–Crippen LogP) is 1.16. The maximum Gasteiger partial charge on any atom is 0.213 e. The molecule has 0 saturated carbocycles. The van der Waals surface area contributed by atoms with Gasteiger partial charge >= 0.3 is 0 Å². The molecule has 1 saturated heterocycles. The monoisotopic (exact) mass is 261 g/mol. The van der Waals surface area contributed by atoms with Gasteiger partial charge in [0.1, 0.15) is 0 Å². The molecule has 5 nitrogen and oxygen atoms in total. The van der Waals surface area contributed by atoms with Gasteiger partial charge in [-0.2, -0.15) is 0 Å². The van der Waals surface area contributed by atoms with Crippen molar-refractivity contribution in [1.82, 2.24) is 15.2 Å².